The molecule has 1 aromatic rings. The summed E-state index contributed by atoms with van der Waals surface area (Å²) in [6.07, 6.45) is 6.54. The summed E-state index contributed by atoms with van der Waals surface area (Å²) in [7, 11) is 3.89. The minimum Gasteiger partial charge on any atom is -0.493 e. The molecule has 4 heteroatoms. The second-order valence-electron chi connectivity index (χ2n) is 6.52. The zero-order valence-electron chi connectivity index (χ0n) is 12.6. The van der Waals surface area contributed by atoms with Crippen LogP contribution in [-0.2, 0) is 12.0 Å². The number of benzene rings is 1. The van der Waals surface area contributed by atoms with Gasteiger partial charge in [-0.1, -0.05) is 18.2 Å². The minimum atomic E-state index is -0.0279. The third-order valence-corrected chi connectivity index (χ3v) is 5.20. The zero-order chi connectivity index (χ0) is 14.6. The summed E-state index contributed by atoms with van der Waals surface area (Å²) in [5, 5.41) is 0. The van der Waals surface area contributed by atoms with E-state index in [4.69, 9.17) is 15.2 Å². The maximum Gasteiger partial charge on any atom is 0.166 e. The van der Waals surface area contributed by atoms with E-state index < -0.39 is 0 Å². The highest BCUT2D eigenvalue weighted by molar-refractivity contribution is 5.61. The van der Waals surface area contributed by atoms with Crippen LogP contribution in [0.3, 0.4) is 0 Å². The average molecular weight is 286 g/mol. The van der Waals surface area contributed by atoms with E-state index in [-0.39, 0.29) is 17.6 Å². The quantitative estimate of drug-likeness (QED) is 0.800. The standard InChI is InChI=1S/C17H22N2O2/c1-19-8-7-17-6-5-12(18)9-14(17)21-16-13(20-2)4-3-11(10-19)15(16)17/h3-6,12,14H,7-10,18H2,1-2H3/t12?,14-,17-/m0/s1. The molecular weight excluding hydrogens is 264 g/mol. The molecule has 1 spiro atoms. The fraction of sp³-hybridized carbons (Fsp3) is 0.529. The Hall–Kier alpha value is -1.52. The Kier molecular flexibility index (Phi) is 2.81. The van der Waals surface area contributed by atoms with Gasteiger partial charge in [0.1, 0.15) is 6.10 Å². The van der Waals surface area contributed by atoms with Gasteiger partial charge in [-0.05, 0) is 31.6 Å². The summed E-state index contributed by atoms with van der Waals surface area (Å²) >= 11 is 0. The van der Waals surface area contributed by atoms with Gasteiger partial charge >= 0.3 is 0 Å². The lowest BCUT2D eigenvalue weighted by Gasteiger charge is -2.36. The second-order valence-corrected chi connectivity index (χ2v) is 6.52. The van der Waals surface area contributed by atoms with Crippen LogP contribution in [0, 0.1) is 0 Å². The van der Waals surface area contributed by atoms with Crippen LogP contribution in [0.1, 0.15) is 24.0 Å². The third kappa shape index (κ3) is 1.75. The summed E-state index contributed by atoms with van der Waals surface area (Å²) in [6, 6.07) is 4.31. The van der Waals surface area contributed by atoms with Gasteiger partial charge in [0.05, 0.1) is 12.5 Å². The summed E-state index contributed by atoms with van der Waals surface area (Å²) in [4.78, 5) is 2.38. The summed E-state index contributed by atoms with van der Waals surface area (Å²) in [5.41, 5.74) is 8.78. The maximum absolute atomic E-state index is 6.33. The van der Waals surface area contributed by atoms with Crippen molar-refractivity contribution in [3.63, 3.8) is 0 Å². The molecule has 2 heterocycles. The summed E-state index contributed by atoms with van der Waals surface area (Å²) in [6.45, 7) is 2.03. The van der Waals surface area contributed by atoms with Gasteiger partial charge in [0, 0.05) is 24.6 Å². The molecule has 4 nitrogen and oxygen atoms in total. The zero-order valence-corrected chi connectivity index (χ0v) is 12.6. The van der Waals surface area contributed by atoms with E-state index in [1.165, 1.54) is 11.1 Å². The number of nitrogens with zero attached hydrogens (tertiary/aromatic N) is 1. The highest BCUT2D eigenvalue weighted by Crippen LogP contribution is 2.55. The van der Waals surface area contributed by atoms with Crippen molar-refractivity contribution in [3.05, 3.63) is 35.4 Å². The normalized spacial score (nSPS) is 33.9. The molecule has 3 atom stereocenters. The highest BCUT2D eigenvalue weighted by atomic mass is 16.5. The van der Waals surface area contributed by atoms with Gasteiger partial charge in [-0.15, -0.1) is 0 Å². The predicted molar refractivity (Wildman–Crippen MR) is 81.8 cm³/mol. The third-order valence-electron chi connectivity index (χ3n) is 5.20. The predicted octanol–water partition coefficient (Wildman–Crippen LogP) is 1.82. The largest absolute Gasteiger partial charge is 0.493 e. The maximum atomic E-state index is 6.33. The molecule has 0 saturated carbocycles. The Morgan fingerprint density at radius 3 is 3.10 bits per heavy atom. The highest BCUT2D eigenvalue weighted by Gasteiger charge is 2.52. The number of ether oxygens (including phenoxy) is 2. The van der Waals surface area contributed by atoms with E-state index in [1.54, 1.807) is 7.11 Å². The van der Waals surface area contributed by atoms with Gasteiger partial charge in [-0.3, -0.25) is 0 Å². The molecule has 2 N–H and O–H groups in total. The lowest BCUT2D eigenvalue weighted by Crippen LogP contribution is -2.44. The Morgan fingerprint density at radius 2 is 2.29 bits per heavy atom. The van der Waals surface area contributed by atoms with Crippen LogP contribution in [0.4, 0.5) is 0 Å². The molecule has 1 unspecified atom stereocenters. The summed E-state index contributed by atoms with van der Waals surface area (Å²) < 4.78 is 11.9. The molecule has 112 valence electrons. The van der Waals surface area contributed by atoms with Crippen LogP contribution in [0.5, 0.6) is 11.5 Å². The molecule has 0 saturated heterocycles. The average Bonchev–Trinajstić information content (AvgIpc) is 2.72. The number of hydrogen-bond donors (Lipinski definition) is 1. The van der Waals surface area contributed by atoms with E-state index in [2.05, 4.69) is 30.2 Å². The van der Waals surface area contributed by atoms with Crippen LogP contribution >= 0.6 is 0 Å². The van der Waals surface area contributed by atoms with Crippen molar-refractivity contribution in [2.24, 2.45) is 5.73 Å². The Bertz CT molecular complexity index is 613. The SMILES string of the molecule is COc1ccc2c3c1O[C@H]1CC(N)C=C[C@@]31CCN(C)C2. The number of nitrogens with two attached hydrogens (primary N) is 1. The van der Waals surface area contributed by atoms with Crippen LogP contribution in [0.15, 0.2) is 24.3 Å². The molecule has 0 fully saturated rings. The van der Waals surface area contributed by atoms with Crippen LogP contribution in [-0.4, -0.2) is 37.7 Å². The number of methoxy groups -OCH3 is 1. The van der Waals surface area contributed by atoms with Crippen LogP contribution in [0.25, 0.3) is 0 Å². The van der Waals surface area contributed by atoms with Crippen molar-refractivity contribution in [1.29, 1.82) is 0 Å². The lowest BCUT2D eigenvalue weighted by molar-refractivity contribution is 0.134. The van der Waals surface area contributed by atoms with E-state index in [1.807, 2.05) is 6.07 Å². The fourth-order valence-electron chi connectivity index (χ4n) is 4.12. The molecule has 3 aliphatic rings. The minimum absolute atomic E-state index is 0.0279. The molecule has 1 aromatic carbocycles. The van der Waals surface area contributed by atoms with Crippen LogP contribution < -0.4 is 15.2 Å². The van der Waals surface area contributed by atoms with E-state index in [0.29, 0.717) is 0 Å². The molecule has 4 rings (SSSR count). The van der Waals surface area contributed by atoms with Crippen molar-refractivity contribution < 1.29 is 9.47 Å². The van der Waals surface area contributed by atoms with E-state index in [0.717, 1.165) is 37.4 Å². The first-order chi connectivity index (χ1) is 10.1. The number of hydrogen-bond acceptors (Lipinski definition) is 4. The lowest BCUT2D eigenvalue weighted by atomic mass is 9.69. The number of rotatable bonds is 1. The Balaban J connectivity index is 1.95. The van der Waals surface area contributed by atoms with Crippen molar-refractivity contribution in [3.8, 4) is 11.5 Å². The topological polar surface area (TPSA) is 47.7 Å². The molecule has 0 bridgehead atoms. The van der Waals surface area contributed by atoms with Gasteiger partial charge in [0.25, 0.3) is 0 Å². The van der Waals surface area contributed by atoms with Crippen LogP contribution in [0.2, 0.25) is 0 Å². The van der Waals surface area contributed by atoms with Crippen molar-refractivity contribution >= 4 is 0 Å². The first kappa shape index (κ1) is 13.2. The van der Waals surface area contributed by atoms with Gasteiger partial charge in [0.2, 0.25) is 0 Å². The second kappa shape index (κ2) is 4.49. The van der Waals surface area contributed by atoms with E-state index in [9.17, 15) is 0 Å². The molecule has 2 aliphatic heterocycles. The Morgan fingerprint density at radius 1 is 1.43 bits per heavy atom. The first-order valence-corrected chi connectivity index (χ1v) is 7.64. The van der Waals surface area contributed by atoms with Crippen molar-refractivity contribution in [1.82, 2.24) is 4.90 Å². The molecule has 1 aliphatic carbocycles. The smallest absolute Gasteiger partial charge is 0.166 e. The summed E-state index contributed by atoms with van der Waals surface area (Å²) in [5.74, 6) is 1.78. The monoisotopic (exact) mass is 286 g/mol. The van der Waals surface area contributed by atoms with Gasteiger partial charge < -0.3 is 20.1 Å². The first-order valence-electron chi connectivity index (χ1n) is 7.64. The van der Waals surface area contributed by atoms with Gasteiger partial charge in [-0.25, -0.2) is 0 Å². The van der Waals surface area contributed by atoms with Crippen molar-refractivity contribution in [2.45, 2.75) is 36.9 Å². The molecule has 0 aromatic heterocycles. The molecule has 0 radical (unpaired) electrons. The van der Waals surface area contributed by atoms with Gasteiger partial charge in [0.15, 0.2) is 11.5 Å². The molecular formula is C17H22N2O2. The molecule has 0 amide bonds. The van der Waals surface area contributed by atoms with E-state index >= 15 is 0 Å². The molecule has 21 heavy (non-hydrogen) atoms. The fourth-order valence-corrected chi connectivity index (χ4v) is 4.12. The van der Waals surface area contributed by atoms with Gasteiger partial charge in [-0.2, -0.15) is 0 Å². The Labute approximate surface area is 125 Å². The van der Waals surface area contributed by atoms with Crippen molar-refractivity contribution in [2.75, 3.05) is 20.7 Å².